The highest BCUT2D eigenvalue weighted by Gasteiger charge is 2.28. The van der Waals surface area contributed by atoms with Crippen molar-refractivity contribution in [3.05, 3.63) is 77.1 Å². The Balaban J connectivity index is 1.75. The number of nitro groups is 1. The van der Waals surface area contributed by atoms with Gasteiger partial charge in [0, 0.05) is 13.1 Å². The molecule has 0 saturated carbocycles. The van der Waals surface area contributed by atoms with Gasteiger partial charge in [0.1, 0.15) is 6.33 Å². The molecule has 3 aromatic rings. The van der Waals surface area contributed by atoms with E-state index >= 15 is 0 Å². The van der Waals surface area contributed by atoms with E-state index in [0.29, 0.717) is 5.82 Å². The summed E-state index contributed by atoms with van der Waals surface area (Å²) in [6.07, 6.45) is 5.67. The third kappa shape index (κ3) is 4.32. The summed E-state index contributed by atoms with van der Waals surface area (Å²) < 4.78 is 0. The van der Waals surface area contributed by atoms with Crippen LogP contribution in [-0.2, 0) is 0 Å². The number of aromatic nitrogens is 2. The summed E-state index contributed by atoms with van der Waals surface area (Å²) in [4.78, 5) is 22.2. The van der Waals surface area contributed by atoms with Crippen molar-refractivity contribution in [3.63, 3.8) is 0 Å². The second-order valence-electron chi connectivity index (χ2n) is 7.17. The average molecular weight is 404 g/mol. The maximum absolute atomic E-state index is 12.1. The minimum absolute atomic E-state index is 0.101. The number of para-hydroxylation sites is 2. The van der Waals surface area contributed by atoms with Gasteiger partial charge in [0.15, 0.2) is 0 Å². The Morgan fingerprint density at radius 1 is 0.867 bits per heavy atom. The van der Waals surface area contributed by atoms with Gasteiger partial charge in [-0.15, -0.1) is 0 Å². The van der Waals surface area contributed by atoms with E-state index in [1.54, 1.807) is 5.01 Å². The van der Waals surface area contributed by atoms with Crippen molar-refractivity contribution < 1.29 is 4.92 Å². The zero-order chi connectivity index (χ0) is 20.8. The monoisotopic (exact) mass is 404 g/mol. The first-order valence-corrected chi connectivity index (χ1v) is 10.2. The summed E-state index contributed by atoms with van der Waals surface area (Å²) in [7, 11) is 0. The lowest BCUT2D eigenvalue weighted by molar-refractivity contribution is -0.383. The van der Waals surface area contributed by atoms with Crippen LogP contribution in [0, 0.1) is 10.1 Å². The lowest BCUT2D eigenvalue weighted by Gasteiger charge is -2.27. The van der Waals surface area contributed by atoms with Crippen molar-refractivity contribution in [2.75, 3.05) is 28.4 Å². The SMILES string of the molecule is O=[N+]([O-])c1c(NN(c2ccccc2)c2ccccc2)ncnc1N1CCCCCC1. The fraction of sp³-hybridized carbons (Fsp3) is 0.273. The molecule has 1 fully saturated rings. The Bertz CT molecular complexity index is 936. The van der Waals surface area contributed by atoms with Gasteiger partial charge in [-0.25, -0.2) is 9.97 Å². The molecule has 154 valence electrons. The number of nitrogens with one attached hydrogen (secondary N) is 1. The summed E-state index contributed by atoms with van der Waals surface area (Å²) in [6, 6.07) is 19.3. The van der Waals surface area contributed by atoms with Crippen molar-refractivity contribution in [2.45, 2.75) is 25.7 Å². The number of anilines is 4. The number of hydrazine groups is 1. The first-order chi connectivity index (χ1) is 14.7. The average Bonchev–Trinajstić information content (AvgIpc) is 3.08. The number of rotatable bonds is 6. The lowest BCUT2D eigenvalue weighted by Crippen LogP contribution is -2.29. The fourth-order valence-electron chi connectivity index (χ4n) is 3.67. The molecule has 4 rings (SSSR count). The van der Waals surface area contributed by atoms with Gasteiger partial charge in [-0.05, 0) is 37.1 Å². The van der Waals surface area contributed by atoms with Gasteiger partial charge in [-0.2, -0.15) is 0 Å². The summed E-state index contributed by atoms with van der Waals surface area (Å²) >= 11 is 0. The van der Waals surface area contributed by atoms with Crippen LogP contribution in [0.15, 0.2) is 67.0 Å². The van der Waals surface area contributed by atoms with E-state index in [1.165, 1.54) is 6.33 Å². The van der Waals surface area contributed by atoms with Crippen molar-refractivity contribution >= 4 is 28.7 Å². The van der Waals surface area contributed by atoms with E-state index in [9.17, 15) is 10.1 Å². The molecule has 0 atom stereocenters. The topological polar surface area (TPSA) is 87.4 Å². The molecule has 8 nitrogen and oxygen atoms in total. The summed E-state index contributed by atoms with van der Waals surface area (Å²) in [5.74, 6) is 0.544. The molecule has 1 saturated heterocycles. The van der Waals surface area contributed by atoms with Gasteiger partial charge in [0.05, 0.1) is 16.3 Å². The predicted molar refractivity (Wildman–Crippen MR) is 118 cm³/mol. The molecule has 8 heteroatoms. The molecule has 0 amide bonds. The van der Waals surface area contributed by atoms with Crippen LogP contribution in [0.2, 0.25) is 0 Å². The summed E-state index contributed by atoms with van der Waals surface area (Å²) in [5.41, 5.74) is 4.75. The first-order valence-electron chi connectivity index (χ1n) is 10.2. The highest BCUT2D eigenvalue weighted by molar-refractivity contribution is 5.75. The van der Waals surface area contributed by atoms with E-state index < -0.39 is 4.92 Å². The number of benzene rings is 2. The first kappa shape index (κ1) is 19.6. The van der Waals surface area contributed by atoms with Crippen molar-refractivity contribution in [1.82, 2.24) is 9.97 Å². The molecule has 30 heavy (non-hydrogen) atoms. The predicted octanol–water partition coefficient (Wildman–Crippen LogP) is 4.93. The molecule has 2 aromatic carbocycles. The quantitative estimate of drug-likeness (QED) is 0.460. The molecule has 0 spiro atoms. The van der Waals surface area contributed by atoms with E-state index in [1.807, 2.05) is 65.6 Å². The molecule has 0 unspecified atom stereocenters. The van der Waals surface area contributed by atoms with Crippen LogP contribution in [-0.4, -0.2) is 28.0 Å². The third-order valence-corrected chi connectivity index (χ3v) is 5.14. The van der Waals surface area contributed by atoms with E-state index in [4.69, 9.17) is 0 Å². The highest BCUT2D eigenvalue weighted by atomic mass is 16.6. The number of hydrogen-bond donors (Lipinski definition) is 1. The van der Waals surface area contributed by atoms with E-state index in [0.717, 1.165) is 50.1 Å². The zero-order valence-corrected chi connectivity index (χ0v) is 16.6. The van der Waals surface area contributed by atoms with Crippen LogP contribution < -0.4 is 15.3 Å². The van der Waals surface area contributed by atoms with Crippen molar-refractivity contribution in [3.8, 4) is 0 Å². The van der Waals surface area contributed by atoms with Crippen LogP contribution in [0.4, 0.5) is 28.7 Å². The van der Waals surface area contributed by atoms with Crippen molar-refractivity contribution in [1.29, 1.82) is 0 Å². The highest BCUT2D eigenvalue weighted by Crippen LogP contribution is 2.35. The van der Waals surface area contributed by atoms with Crippen molar-refractivity contribution in [2.24, 2.45) is 0 Å². The van der Waals surface area contributed by atoms with Gasteiger partial charge >= 0.3 is 5.69 Å². The third-order valence-electron chi connectivity index (χ3n) is 5.14. The second kappa shape index (κ2) is 9.21. The van der Waals surface area contributed by atoms with Gasteiger partial charge in [-0.1, -0.05) is 49.2 Å². The Morgan fingerprint density at radius 2 is 1.43 bits per heavy atom. The molecule has 2 heterocycles. The van der Waals surface area contributed by atoms with Gasteiger partial charge in [-0.3, -0.25) is 20.5 Å². The van der Waals surface area contributed by atoms with E-state index in [-0.39, 0.29) is 11.5 Å². The Labute approximate surface area is 175 Å². The standard InChI is InChI=1S/C22H24N6O2/c29-28(30)20-21(23-17-24-22(20)26-15-9-1-2-10-16-26)25-27(18-11-5-3-6-12-18)19-13-7-4-8-14-19/h3-8,11-14,17H,1-2,9-10,15-16H2,(H,23,24,25). The molecule has 1 aliphatic rings. The van der Waals surface area contributed by atoms with Crippen LogP contribution >= 0.6 is 0 Å². The Kier molecular flexibility index (Phi) is 6.03. The lowest BCUT2D eigenvalue weighted by atomic mass is 10.2. The smallest absolute Gasteiger partial charge is 0.351 e. The molecule has 0 radical (unpaired) electrons. The normalized spacial score (nSPS) is 14.1. The van der Waals surface area contributed by atoms with Gasteiger partial charge in [0.25, 0.3) is 0 Å². The molecule has 1 aromatic heterocycles. The molecule has 1 aliphatic heterocycles. The minimum Gasteiger partial charge on any atom is -0.351 e. The molecular weight excluding hydrogens is 380 g/mol. The number of nitrogens with zero attached hydrogens (tertiary/aromatic N) is 5. The Morgan fingerprint density at radius 3 is 1.97 bits per heavy atom. The largest absolute Gasteiger partial charge is 0.355 e. The molecule has 1 N–H and O–H groups in total. The summed E-state index contributed by atoms with van der Waals surface area (Å²) in [5, 5.41) is 13.9. The maximum atomic E-state index is 12.1. The Hall–Kier alpha value is -3.68. The molecule has 0 bridgehead atoms. The maximum Gasteiger partial charge on any atom is 0.355 e. The zero-order valence-electron chi connectivity index (χ0n) is 16.6. The fourth-order valence-corrected chi connectivity index (χ4v) is 3.67. The molecule has 0 aliphatic carbocycles. The van der Waals surface area contributed by atoms with Crippen LogP contribution in [0.1, 0.15) is 25.7 Å². The number of hydrogen-bond acceptors (Lipinski definition) is 7. The van der Waals surface area contributed by atoms with Crippen LogP contribution in [0.5, 0.6) is 0 Å². The van der Waals surface area contributed by atoms with Gasteiger partial charge < -0.3 is 4.90 Å². The minimum atomic E-state index is -0.392. The van der Waals surface area contributed by atoms with E-state index in [2.05, 4.69) is 15.4 Å². The van der Waals surface area contributed by atoms with Crippen LogP contribution in [0.25, 0.3) is 0 Å². The van der Waals surface area contributed by atoms with Crippen LogP contribution in [0.3, 0.4) is 0 Å². The molecular formula is C22H24N6O2. The van der Waals surface area contributed by atoms with Gasteiger partial charge in [0.2, 0.25) is 11.6 Å². The summed E-state index contributed by atoms with van der Waals surface area (Å²) in [6.45, 7) is 1.52. The second-order valence-corrected chi connectivity index (χ2v) is 7.17.